The van der Waals surface area contributed by atoms with Crippen LogP contribution in [-0.2, 0) is 4.74 Å². The predicted octanol–water partition coefficient (Wildman–Crippen LogP) is 2.92. The fourth-order valence-corrected chi connectivity index (χ4v) is 2.56. The first kappa shape index (κ1) is 10.8. The molecule has 1 fully saturated rings. The molecule has 0 bridgehead atoms. The summed E-state index contributed by atoms with van der Waals surface area (Å²) in [6.45, 7) is 0. The molecule has 0 amide bonds. The van der Waals surface area contributed by atoms with E-state index in [9.17, 15) is 4.79 Å². The lowest BCUT2D eigenvalue weighted by atomic mass is 10.2. The van der Waals surface area contributed by atoms with Crippen LogP contribution in [0.25, 0.3) is 10.9 Å². The van der Waals surface area contributed by atoms with Crippen LogP contribution in [0.1, 0.15) is 29.2 Å². The topological polar surface area (TPSA) is 44.1 Å². The summed E-state index contributed by atoms with van der Waals surface area (Å²) in [6, 6.07) is 5.92. The van der Waals surface area contributed by atoms with E-state index < -0.39 is 0 Å². The minimum absolute atomic E-state index is 0.321. The Kier molecular flexibility index (Phi) is 2.43. The predicted molar refractivity (Wildman–Crippen MR) is 67.0 cm³/mol. The van der Waals surface area contributed by atoms with Crippen LogP contribution in [0.5, 0.6) is 0 Å². The van der Waals surface area contributed by atoms with Gasteiger partial charge in [-0.15, -0.1) is 0 Å². The van der Waals surface area contributed by atoms with Crippen molar-refractivity contribution < 1.29 is 9.53 Å². The van der Waals surface area contributed by atoms with E-state index in [1.807, 2.05) is 16.8 Å². The largest absolute Gasteiger partial charge is 0.465 e. The van der Waals surface area contributed by atoms with Gasteiger partial charge in [-0.3, -0.25) is 4.68 Å². The highest BCUT2D eigenvalue weighted by molar-refractivity contribution is 9.10. The molecule has 88 valence electrons. The third-order valence-electron chi connectivity index (χ3n) is 2.95. The zero-order valence-corrected chi connectivity index (χ0v) is 10.9. The van der Waals surface area contributed by atoms with E-state index >= 15 is 0 Å². The van der Waals surface area contributed by atoms with Crippen LogP contribution in [-0.4, -0.2) is 22.9 Å². The number of nitrogens with zero attached hydrogens (tertiary/aromatic N) is 2. The Hall–Kier alpha value is -1.36. The van der Waals surface area contributed by atoms with Gasteiger partial charge in [0.25, 0.3) is 0 Å². The molecular formula is C12H11BrN2O2. The van der Waals surface area contributed by atoms with Crippen LogP contribution in [0.3, 0.4) is 0 Å². The number of carbonyl (C=O) groups excluding carboxylic acids is 1. The van der Waals surface area contributed by atoms with E-state index in [4.69, 9.17) is 4.74 Å². The highest BCUT2D eigenvalue weighted by Crippen LogP contribution is 2.39. The summed E-state index contributed by atoms with van der Waals surface area (Å²) >= 11 is 3.55. The van der Waals surface area contributed by atoms with Crippen molar-refractivity contribution >= 4 is 32.8 Å². The Bertz CT molecular complexity index is 602. The molecule has 0 aliphatic heterocycles. The molecule has 17 heavy (non-hydrogen) atoms. The number of ether oxygens (including phenoxy) is 1. The van der Waals surface area contributed by atoms with Gasteiger partial charge in [0.2, 0.25) is 0 Å². The number of methoxy groups -OCH3 is 1. The van der Waals surface area contributed by atoms with Crippen LogP contribution in [0.2, 0.25) is 0 Å². The molecule has 0 atom stereocenters. The third kappa shape index (κ3) is 1.74. The SMILES string of the molecule is COC(=O)c1ccc2nn(C3CC3)c(Br)c2c1. The van der Waals surface area contributed by atoms with Gasteiger partial charge < -0.3 is 4.74 Å². The number of fused-ring (bicyclic) bond motifs is 1. The number of hydrogen-bond acceptors (Lipinski definition) is 3. The molecule has 1 aromatic carbocycles. The lowest BCUT2D eigenvalue weighted by molar-refractivity contribution is 0.0601. The number of hydrogen-bond donors (Lipinski definition) is 0. The van der Waals surface area contributed by atoms with Crippen LogP contribution >= 0.6 is 15.9 Å². The van der Waals surface area contributed by atoms with E-state index in [-0.39, 0.29) is 5.97 Å². The van der Waals surface area contributed by atoms with Crippen molar-refractivity contribution in [3.63, 3.8) is 0 Å². The van der Waals surface area contributed by atoms with Crippen molar-refractivity contribution in [2.24, 2.45) is 0 Å². The van der Waals surface area contributed by atoms with Crippen molar-refractivity contribution in [1.82, 2.24) is 9.78 Å². The lowest BCUT2D eigenvalue weighted by Gasteiger charge is -1.99. The van der Waals surface area contributed by atoms with E-state index in [1.165, 1.54) is 20.0 Å². The molecule has 0 spiro atoms. The zero-order chi connectivity index (χ0) is 12.0. The molecule has 1 aromatic heterocycles. The highest BCUT2D eigenvalue weighted by Gasteiger charge is 2.27. The number of halogens is 1. The molecule has 5 heteroatoms. The summed E-state index contributed by atoms with van der Waals surface area (Å²) in [5.74, 6) is -0.321. The molecule has 4 nitrogen and oxygen atoms in total. The van der Waals surface area contributed by atoms with Crippen LogP contribution < -0.4 is 0 Å². The number of benzene rings is 1. The Morgan fingerprint density at radius 2 is 2.29 bits per heavy atom. The molecule has 2 aromatic rings. The molecule has 1 saturated carbocycles. The molecule has 3 rings (SSSR count). The summed E-state index contributed by atoms with van der Waals surface area (Å²) in [5.41, 5.74) is 1.45. The van der Waals surface area contributed by atoms with Gasteiger partial charge in [0.05, 0.1) is 24.2 Å². The van der Waals surface area contributed by atoms with E-state index in [1.54, 1.807) is 6.07 Å². The molecule has 1 heterocycles. The second-order valence-corrected chi connectivity index (χ2v) is 4.94. The minimum atomic E-state index is -0.321. The van der Waals surface area contributed by atoms with Gasteiger partial charge in [0.1, 0.15) is 4.60 Å². The summed E-state index contributed by atoms with van der Waals surface area (Å²) in [6.07, 6.45) is 2.35. The van der Waals surface area contributed by atoms with Crippen molar-refractivity contribution in [2.75, 3.05) is 7.11 Å². The van der Waals surface area contributed by atoms with Gasteiger partial charge in [-0.25, -0.2) is 4.79 Å². The first-order chi connectivity index (χ1) is 8.20. The van der Waals surface area contributed by atoms with Gasteiger partial charge in [0, 0.05) is 5.39 Å². The van der Waals surface area contributed by atoms with Crippen LogP contribution in [0.15, 0.2) is 22.8 Å². The maximum absolute atomic E-state index is 11.5. The second kappa shape index (κ2) is 3.84. The average Bonchev–Trinajstić information content (AvgIpc) is 3.14. The molecule has 0 radical (unpaired) electrons. The smallest absolute Gasteiger partial charge is 0.337 e. The maximum Gasteiger partial charge on any atom is 0.337 e. The van der Waals surface area contributed by atoms with Gasteiger partial charge in [-0.1, -0.05) is 0 Å². The normalized spacial score (nSPS) is 15.2. The quantitative estimate of drug-likeness (QED) is 0.800. The Labute approximate surface area is 107 Å². The molecule has 0 N–H and O–H groups in total. The van der Waals surface area contributed by atoms with E-state index in [0.29, 0.717) is 11.6 Å². The fourth-order valence-electron chi connectivity index (χ4n) is 1.88. The number of carbonyl (C=O) groups is 1. The maximum atomic E-state index is 11.5. The molecule has 0 unspecified atom stereocenters. The first-order valence-corrected chi connectivity index (χ1v) is 6.26. The lowest BCUT2D eigenvalue weighted by Crippen LogP contribution is -2.00. The van der Waals surface area contributed by atoms with Gasteiger partial charge >= 0.3 is 5.97 Å². The first-order valence-electron chi connectivity index (χ1n) is 5.47. The minimum Gasteiger partial charge on any atom is -0.465 e. The van der Waals surface area contributed by atoms with Gasteiger partial charge in [0.15, 0.2) is 0 Å². The Morgan fingerprint density at radius 3 is 2.94 bits per heavy atom. The average molecular weight is 295 g/mol. The number of rotatable bonds is 2. The van der Waals surface area contributed by atoms with Crippen molar-refractivity contribution in [1.29, 1.82) is 0 Å². The Morgan fingerprint density at radius 1 is 1.53 bits per heavy atom. The fraction of sp³-hybridized carbons (Fsp3) is 0.333. The monoisotopic (exact) mass is 294 g/mol. The van der Waals surface area contributed by atoms with Crippen molar-refractivity contribution in [2.45, 2.75) is 18.9 Å². The number of aromatic nitrogens is 2. The summed E-state index contributed by atoms with van der Waals surface area (Å²) in [4.78, 5) is 11.5. The van der Waals surface area contributed by atoms with Crippen LogP contribution in [0, 0.1) is 0 Å². The molecule has 0 saturated heterocycles. The Balaban J connectivity index is 2.14. The van der Waals surface area contributed by atoms with Gasteiger partial charge in [-0.2, -0.15) is 5.10 Å². The molecule has 1 aliphatic carbocycles. The number of esters is 1. The second-order valence-electron chi connectivity index (χ2n) is 4.19. The molecule has 1 aliphatic rings. The summed E-state index contributed by atoms with van der Waals surface area (Å²) in [5, 5.41) is 5.48. The van der Waals surface area contributed by atoms with E-state index in [0.717, 1.165) is 15.5 Å². The third-order valence-corrected chi connectivity index (χ3v) is 3.74. The standard InChI is InChI=1S/C12H11BrN2O2/c1-17-12(16)7-2-5-10-9(6-7)11(13)15(14-10)8-3-4-8/h2,5-6,8H,3-4H2,1H3. The van der Waals surface area contributed by atoms with Crippen LogP contribution in [0.4, 0.5) is 0 Å². The molecular weight excluding hydrogens is 284 g/mol. The van der Waals surface area contributed by atoms with E-state index in [2.05, 4.69) is 21.0 Å². The zero-order valence-electron chi connectivity index (χ0n) is 9.31. The van der Waals surface area contributed by atoms with Gasteiger partial charge in [-0.05, 0) is 47.0 Å². The highest BCUT2D eigenvalue weighted by atomic mass is 79.9. The summed E-state index contributed by atoms with van der Waals surface area (Å²) < 4.78 is 7.65. The summed E-state index contributed by atoms with van der Waals surface area (Å²) in [7, 11) is 1.38. The van der Waals surface area contributed by atoms with Crippen molar-refractivity contribution in [3.8, 4) is 0 Å². The van der Waals surface area contributed by atoms with Crippen molar-refractivity contribution in [3.05, 3.63) is 28.4 Å².